The van der Waals surface area contributed by atoms with Crippen LogP contribution < -0.4 is 5.32 Å². The summed E-state index contributed by atoms with van der Waals surface area (Å²) in [6.07, 6.45) is 3.15. The highest BCUT2D eigenvalue weighted by atomic mass is 16.7. The van der Waals surface area contributed by atoms with Crippen molar-refractivity contribution in [1.82, 2.24) is 4.90 Å². The largest absolute Gasteiger partial charge is 0.349 e. The van der Waals surface area contributed by atoms with E-state index in [-0.39, 0.29) is 18.2 Å². The van der Waals surface area contributed by atoms with Gasteiger partial charge in [0.05, 0.1) is 25.8 Å². The number of hydrogen-bond donors (Lipinski definition) is 1. The average Bonchev–Trinajstić information content (AvgIpc) is 3.04. The first-order valence-corrected chi connectivity index (χ1v) is 8.06. The van der Waals surface area contributed by atoms with Crippen molar-refractivity contribution < 1.29 is 14.3 Å². The molecule has 5 heteroatoms. The molecular weight excluding hydrogens is 280 g/mol. The van der Waals surface area contributed by atoms with E-state index in [2.05, 4.69) is 10.2 Å². The Balaban J connectivity index is 1.57. The number of benzene rings is 1. The lowest BCUT2D eigenvalue weighted by molar-refractivity contribution is -0.127. The minimum atomic E-state index is -0.174. The summed E-state index contributed by atoms with van der Waals surface area (Å²) in [7, 11) is 0. The van der Waals surface area contributed by atoms with Crippen molar-refractivity contribution in [3.63, 3.8) is 0 Å². The lowest BCUT2D eigenvalue weighted by atomic mass is 10.0. The molecule has 5 nitrogen and oxygen atoms in total. The number of carbonyl (C=O) groups excluding carboxylic acids is 1. The third-order valence-electron chi connectivity index (χ3n) is 4.31. The second-order valence-corrected chi connectivity index (χ2v) is 6.06. The van der Waals surface area contributed by atoms with Crippen molar-refractivity contribution in [1.29, 1.82) is 0 Å². The molecule has 1 atom stereocenters. The Morgan fingerprint density at radius 2 is 1.95 bits per heavy atom. The third-order valence-corrected chi connectivity index (χ3v) is 4.31. The predicted molar refractivity (Wildman–Crippen MR) is 84.7 cm³/mol. The van der Waals surface area contributed by atoms with Crippen LogP contribution in [0.25, 0.3) is 0 Å². The van der Waals surface area contributed by atoms with Crippen LogP contribution in [0.4, 0.5) is 5.69 Å². The zero-order valence-electron chi connectivity index (χ0n) is 13.1. The maximum absolute atomic E-state index is 12.3. The van der Waals surface area contributed by atoms with Gasteiger partial charge in [-0.05, 0) is 38.4 Å². The minimum absolute atomic E-state index is 0.0220. The molecule has 2 fully saturated rings. The number of likely N-dealkylation sites (tertiary alicyclic amines) is 1. The van der Waals surface area contributed by atoms with Gasteiger partial charge >= 0.3 is 0 Å². The summed E-state index contributed by atoms with van der Waals surface area (Å²) in [4.78, 5) is 14.5. The first-order valence-electron chi connectivity index (χ1n) is 8.06. The Morgan fingerprint density at radius 3 is 2.68 bits per heavy atom. The highest BCUT2D eigenvalue weighted by Gasteiger charge is 2.34. The number of anilines is 1. The van der Waals surface area contributed by atoms with Gasteiger partial charge in [-0.25, -0.2) is 0 Å². The Bertz CT molecular complexity index is 497. The fourth-order valence-corrected chi connectivity index (χ4v) is 3.14. The predicted octanol–water partition coefficient (Wildman–Crippen LogP) is 2.16. The molecule has 120 valence electrons. The lowest BCUT2D eigenvalue weighted by Crippen LogP contribution is -2.50. The number of piperidine rings is 1. The van der Waals surface area contributed by atoms with E-state index in [0.29, 0.717) is 19.8 Å². The second-order valence-electron chi connectivity index (χ2n) is 6.06. The van der Waals surface area contributed by atoms with Gasteiger partial charge in [0.1, 0.15) is 0 Å². The molecule has 2 aliphatic rings. The van der Waals surface area contributed by atoms with Crippen LogP contribution in [0, 0.1) is 6.92 Å². The first-order chi connectivity index (χ1) is 10.7. The van der Waals surface area contributed by atoms with Crippen LogP contribution in [0.15, 0.2) is 24.3 Å². The first kappa shape index (κ1) is 15.5. The monoisotopic (exact) mass is 304 g/mol. The van der Waals surface area contributed by atoms with Crippen LogP contribution in [-0.2, 0) is 14.3 Å². The molecule has 1 amide bonds. The Morgan fingerprint density at radius 1 is 1.23 bits per heavy atom. The molecule has 0 aromatic heterocycles. The number of rotatable bonds is 4. The molecule has 1 unspecified atom stereocenters. The highest BCUT2D eigenvalue weighted by molar-refractivity contribution is 5.92. The van der Waals surface area contributed by atoms with Gasteiger partial charge in [0, 0.05) is 5.69 Å². The van der Waals surface area contributed by atoms with Crippen molar-refractivity contribution >= 4 is 11.6 Å². The standard InChI is InChI=1S/C17H24N2O3/c1-13-5-7-14(8-6-13)18-16(20)12-19-9-3-2-4-15(19)17-21-10-11-22-17/h5-8,15,17H,2-4,9-12H2,1H3,(H,18,20). The highest BCUT2D eigenvalue weighted by Crippen LogP contribution is 2.24. The molecule has 1 N–H and O–H groups in total. The third kappa shape index (κ3) is 3.85. The summed E-state index contributed by atoms with van der Waals surface area (Å²) >= 11 is 0. The Kier molecular flexibility index (Phi) is 5.08. The molecule has 0 saturated carbocycles. The molecule has 22 heavy (non-hydrogen) atoms. The smallest absolute Gasteiger partial charge is 0.238 e. The van der Waals surface area contributed by atoms with Crippen LogP contribution in [0.2, 0.25) is 0 Å². The van der Waals surface area contributed by atoms with E-state index >= 15 is 0 Å². The average molecular weight is 304 g/mol. The van der Waals surface area contributed by atoms with E-state index < -0.39 is 0 Å². The summed E-state index contributed by atoms with van der Waals surface area (Å²) in [5.74, 6) is 0.0220. The summed E-state index contributed by atoms with van der Waals surface area (Å²) in [5.41, 5.74) is 2.03. The van der Waals surface area contributed by atoms with Gasteiger partial charge in [-0.15, -0.1) is 0 Å². The van der Waals surface area contributed by atoms with Crippen molar-refractivity contribution in [3.05, 3.63) is 29.8 Å². The van der Waals surface area contributed by atoms with Gasteiger partial charge in [-0.3, -0.25) is 9.69 Å². The molecule has 0 bridgehead atoms. The number of nitrogens with one attached hydrogen (secondary N) is 1. The second kappa shape index (κ2) is 7.22. The van der Waals surface area contributed by atoms with E-state index in [0.717, 1.165) is 25.1 Å². The fraction of sp³-hybridized carbons (Fsp3) is 0.588. The fourth-order valence-electron chi connectivity index (χ4n) is 3.14. The summed E-state index contributed by atoms with van der Waals surface area (Å²) in [6.45, 7) is 4.66. The van der Waals surface area contributed by atoms with Gasteiger partial charge in [0.2, 0.25) is 5.91 Å². The minimum Gasteiger partial charge on any atom is -0.349 e. The van der Waals surface area contributed by atoms with Crippen molar-refractivity contribution in [3.8, 4) is 0 Å². The van der Waals surface area contributed by atoms with E-state index in [1.54, 1.807) is 0 Å². The number of amides is 1. The van der Waals surface area contributed by atoms with Crippen LogP contribution in [-0.4, -0.2) is 49.4 Å². The Labute approximate surface area is 131 Å². The van der Waals surface area contributed by atoms with E-state index in [1.807, 2.05) is 31.2 Å². The molecule has 1 aromatic carbocycles. The van der Waals surface area contributed by atoms with Gasteiger partial charge in [-0.2, -0.15) is 0 Å². The number of aryl methyl sites for hydroxylation is 1. The number of carbonyl (C=O) groups is 1. The molecule has 0 spiro atoms. The maximum atomic E-state index is 12.3. The molecule has 2 aliphatic heterocycles. The molecule has 0 radical (unpaired) electrons. The van der Waals surface area contributed by atoms with Gasteiger partial charge in [0.25, 0.3) is 0 Å². The van der Waals surface area contributed by atoms with Crippen LogP contribution in [0.5, 0.6) is 0 Å². The molecule has 0 aliphatic carbocycles. The van der Waals surface area contributed by atoms with Crippen molar-refractivity contribution in [2.75, 3.05) is 31.6 Å². The summed E-state index contributed by atoms with van der Waals surface area (Å²) in [6, 6.07) is 8.06. The Hall–Kier alpha value is -1.43. The van der Waals surface area contributed by atoms with Crippen LogP contribution in [0.1, 0.15) is 24.8 Å². The van der Waals surface area contributed by atoms with E-state index in [4.69, 9.17) is 9.47 Å². The topological polar surface area (TPSA) is 50.8 Å². The van der Waals surface area contributed by atoms with Crippen molar-refractivity contribution in [2.45, 2.75) is 38.5 Å². The molecule has 2 heterocycles. The maximum Gasteiger partial charge on any atom is 0.238 e. The van der Waals surface area contributed by atoms with Crippen LogP contribution >= 0.6 is 0 Å². The molecule has 3 rings (SSSR count). The number of nitrogens with zero attached hydrogens (tertiary/aromatic N) is 1. The molecule has 1 aromatic rings. The molecular formula is C17H24N2O3. The van der Waals surface area contributed by atoms with Crippen molar-refractivity contribution in [2.24, 2.45) is 0 Å². The number of ether oxygens (including phenoxy) is 2. The summed E-state index contributed by atoms with van der Waals surface area (Å²) in [5, 5.41) is 2.97. The van der Waals surface area contributed by atoms with Gasteiger partial charge in [-0.1, -0.05) is 24.1 Å². The SMILES string of the molecule is Cc1ccc(NC(=O)CN2CCCCC2C2OCCO2)cc1. The van der Waals surface area contributed by atoms with E-state index in [1.165, 1.54) is 12.0 Å². The zero-order valence-corrected chi connectivity index (χ0v) is 13.1. The quantitative estimate of drug-likeness (QED) is 0.926. The normalized spacial score (nSPS) is 23.6. The number of hydrogen-bond acceptors (Lipinski definition) is 4. The molecule has 2 saturated heterocycles. The van der Waals surface area contributed by atoms with Crippen LogP contribution in [0.3, 0.4) is 0 Å². The summed E-state index contributed by atoms with van der Waals surface area (Å²) < 4.78 is 11.3. The van der Waals surface area contributed by atoms with Gasteiger partial charge in [0.15, 0.2) is 6.29 Å². The van der Waals surface area contributed by atoms with E-state index in [9.17, 15) is 4.79 Å². The lowest BCUT2D eigenvalue weighted by Gasteiger charge is -2.37. The van der Waals surface area contributed by atoms with Gasteiger partial charge < -0.3 is 14.8 Å². The zero-order chi connectivity index (χ0) is 15.4.